The SMILES string of the molecule is COc1ccc(-n2c(SCCn3nc4ccccn4c3=O)nnc2-c2ccccc2)cc1. The van der Waals surface area contributed by atoms with Crippen molar-refractivity contribution >= 4 is 17.4 Å². The molecule has 0 saturated heterocycles. The van der Waals surface area contributed by atoms with Crippen molar-refractivity contribution in [3.63, 3.8) is 0 Å². The van der Waals surface area contributed by atoms with Crippen LogP contribution in [0.4, 0.5) is 0 Å². The normalized spacial score (nSPS) is 11.2. The Morgan fingerprint density at radius 1 is 0.938 bits per heavy atom. The van der Waals surface area contributed by atoms with Crippen molar-refractivity contribution in [2.75, 3.05) is 12.9 Å². The van der Waals surface area contributed by atoms with Crippen molar-refractivity contribution in [3.8, 4) is 22.8 Å². The Labute approximate surface area is 188 Å². The molecular formula is C23H20N6O2S. The average molecular weight is 445 g/mol. The van der Waals surface area contributed by atoms with Crippen LogP contribution >= 0.6 is 11.8 Å². The minimum atomic E-state index is -0.150. The van der Waals surface area contributed by atoms with Crippen LogP contribution in [0, 0.1) is 0 Å². The number of aryl methyl sites for hydroxylation is 1. The van der Waals surface area contributed by atoms with E-state index in [9.17, 15) is 4.79 Å². The van der Waals surface area contributed by atoms with Gasteiger partial charge in [-0.1, -0.05) is 48.2 Å². The van der Waals surface area contributed by atoms with Crippen LogP contribution in [0.2, 0.25) is 0 Å². The molecular weight excluding hydrogens is 424 g/mol. The van der Waals surface area contributed by atoms with Crippen LogP contribution < -0.4 is 10.4 Å². The Balaban J connectivity index is 1.44. The summed E-state index contributed by atoms with van der Waals surface area (Å²) in [5.74, 6) is 2.15. The number of nitrogens with zero attached hydrogens (tertiary/aromatic N) is 6. The number of fused-ring (bicyclic) bond motifs is 1. The molecule has 5 rings (SSSR count). The molecule has 0 N–H and O–H groups in total. The summed E-state index contributed by atoms with van der Waals surface area (Å²) in [6.45, 7) is 0.460. The zero-order valence-electron chi connectivity index (χ0n) is 17.3. The van der Waals surface area contributed by atoms with E-state index in [1.807, 2.05) is 77.4 Å². The lowest BCUT2D eigenvalue weighted by atomic mass is 10.2. The summed E-state index contributed by atoms with van der Waals surface area (Å²) in [6.07, 6.45) is 1.72. The van der Waals surface area contributed by atoms with Gasteiger partial charge in [0.25, 0.3) is 0 Å². The fourth-order valence-electron chi connectivity index (χ4n) is 3.44. The highest BCUT2D eigenvalue weighted by molar-refractivity contribution is 7.99. The van der Waals surface area contributed by atoms with E-state index in [4.69, 9.17) is 4.74 Å². The van der Waals surface area contributed by atoms with Crippen LogP contribution in [-0.2, 0) is 6.54 Å². The first-order chi connectivity index (χ1) is 15.7. The molecule has 9 heteroatoms. The molecule has 0 fully saturated rings. The Morgan fingerprint density at radius 2 is 1.72 bits per heavy atom. The highest BCUT2D eigenvalue weighted by atomic mass is 32.2. The fourth-order valence-corrected chi connectivity index (χ4v) is 4.31. The van der Waals surface area contributed by atoms with E-state index >= 15 is 0 Å². The van der Waals surface area contributed by atoms with Gasteiger partial charge in [-0.15, -0.1) is 15.3 Å². The van der Waals surface area contributed by atoms with Crippen LogP contribution in [0.3, 0.4) is 0 Å². The van der Waals surface area contributed by atoms with Gasteiger partial charge in [0.15, 0.2) is 16.6 Å². The monoisotopic (exact) mass is 444 g/mol. The van der Waals surface area contributed by atoms with E-state index in [2.05, 4.69) is 15.3 Å². The zero-order chi connectivity index (χ0) is 21.9. The Morgan fingerprint density at radius 3 is 2.47 bits per heavy atom. The quantitative estimate of drug-likeness (QED) is 0.357. The third-order valence-corrected chi connectivity index (χ3v) is 5.93. The molecule has 3 aromatic heterocycles. The smallest absolute Gasteiger partial charge is 0.350 e. The molecule has 0 radical (unpaired) electrons. The molecule has 5 aromatic rings. The number of hydrogen-bond donors (Lipinski definition) is 0. The summed E-state index contributed by atoms with van der Waals surface area (Å²) >= 11 is 1.53. The first-order valence-corrected chi connectivity index (χ1v) is 11.1. The first-order valence-electron chi connectivity index (χ1n) is 10.1. The zero-order valence-corrected chi connectivity index (χ0v) is 18.1. The minimum Gasteiger partial charge on any atom is -0.497 e. The third kappa shape index (κ3) is 3.78. The largest absolute Gasteiger partial charge is 0.497 e. The lowest BCUT2D eigenvalue weighted by Gasteiger charge is -2.11. The van der Waals surface area contributed by atoms with Gasteiger partial charge in [0.1, 0.15) is 5.75 Å². The Kier molecular flexibility index (Phi) is 5.47. The lowest BCUT2D eigenvalue weighted by Crippen LogP contribution is -2.22. The molecule has 0 bridgehead atoms. The standard InChI is InChI=1S/C23H20N6O2S/c1-31-19-12-10-18(11-13-19)29-21(17-7-3-2-4-8-17)24-25-22(29)32-16-15-28-23(30)27-14-6-5-9-20(27)26-28/h2-14H,15-16H2,1H3. The van der Waals surface area contributed by atoms with Gasteiger partial charge >= 0.3 is 5.69 Å². The van der Waals surface area contributed by atoms with Crippen molar-refractivity contribution in [1.29, 1.82) is 0 Å². The maximum absolute atomic E-state index is 12.5. The van der Waals surface area contributed by atoms with Crippen LogP contribution in [0.25, 0.3) is 22.7 Å². The summed E-state index contributed by atoms with van der Waals surface area (Å²) in [5, 5.41) is 14.0. The predicted octanol–water partition coefficient (Wildman–Crippen LogP) is 3.54. The molecule has 0 spiro atoms. The second kappa shape index (κ2) is 8.72. The maximum Gasteiger partial charge on any atom is 0.350 e. The van der Waals surface area contributed by atoms with E-state index in [-0.39, 0.29) is 5.69 Å². The van der Waals surface area contributed by atoms with Crippen LogP contribution in [0.5, 0.6) is 5.75 Å². The highest BCUT2D eigenvalue weighted by Crippen LogP contribution is 2.28. The Hall–Kier alpha value is -3.85. The maximum atomic E-state index is 12.5. The lowest BCUT2D eigenvalue weighted by molar-refractivity contribution is 0.414. The van der Waals surface area contributed by atoms with Gasteiger partial charge < -0.3 is 4.74 Å². The molecule has 8 nitrogen and oxygen atoms in total. The van der Waals surface area contributed by atoms with Gasteiger partial charge in [0.2, 0.25) is 0 Å². The first kappa shape index (κ1) is 20.1. The van der Waals surface area contributed by atoms with Crippen LogP contribution in [0.1, 0.15) is 0 Å². The number of pyridine rings is 1. The molecule has 0 atom stereocenters. The molecule has 32 heavy (non-hydrogen) atoms. The van der Waals surface area contributed by atoms with Crippen LogP contribution in [0.15, 0.2) is 88.9 Å². The van der Waals surface area contributed by atoms with Gasteiger partial charge in [0.05, 0.1) is 13.7 Å². The molecule has 2 aromatic carbocycles. The highest BCUT2D eigenvalue weighted by Gasteiger charge is 2.16. The summed E-state index contributed by atoms with van der Waals surface area (Å²) in [5.41, 5.74) is 2.39. The molecule has 0 aliphatic rings. The van der Waals surface area contributed by atoms with Crippen molar-refractivity contribution < 1.29 is 4.74 Å². The van der Waals surface area contributed by atoms with Gasteiger partial charge in [0, 0.05) is 23.2 Å². The van der Waals surface area contributed by atoms with Gasteiger partial charge in [-0.25, -0.2) is 9.48 Å². The molecule has 0 unspecified atom stereocenters. The molecule has 0 aliphatic heterocycles. The molecule has 160 valence electrons. The number of rotatable bonds is 7. The second-order valence-corrected chi connectivity index (χ2v) is 8.05. The van der Waals surface area contributed by atoms with E-state index in [0.717, 1.165) is 28.0 Å². The van der Waals surface area contributed by atoms with Gasteiger partial charge in [-0.2, -0.15) is 0 Å². The predicted molar refractivity (Wildman–Crippen MR) is 124 cm³/mol. The number of ether oxygens (including phenoxy) is 1. The van der Waals surface area contributed by atoms with Gasteiger partial charge in [-0.05, 0) is 36.4 Å². The number of methoxy groups -OCH3 is 1. The number of hydrogen-bond acceptors (Lipinski definition) is 6. The molecule has 0 aliphatic carbocycles. The molecule has 0 amide bonds. The molecule has 3 heterocycles. The number of benzene rings is 2. The van der Waals surface area contributed by atoms with E-state index in [0.29, 0.717) is 17.9 Å². The van der Waals surface area contributed by atoms with Crippen molar-refractivity contribution in [3.05, 3.63) is 89.5 Å². The van der Waals surface area contributed by atoms with E-state index < -0.39 is 0 Å². The van der Waals surface area contributed by atoms with Gasteiger partial charge in [-0.3, -0.25) is 8.97 Å². The number of thioether (sulfide) groups is 1. The number of aromatic nitrogens is 6. The fraction of sp³-hybridized carbons (Fsp3) is 0.130. The summed E-state index contributed by atoms with van der Waals surface area (Å²) in [4.78, 5) is 12.5. The average Bonchev–Trinajstić information content (AvgIpc) is 3.41. The van der Waals surface area contributed by atoms with Crippen LogP contribution in [-0.4, -0.2) is 41.8 Å². The summed E-state index contributed by atoms with van der Waals surface area (Å²) in [6, 6.07) is 23.2. The van der Waals surface area contributed by atoms with Crippen molar-refractivity contribution in [1.82, 2.24) is 28.9 Å². The Bertz CT molecular complexity index is 1410. The van der Waals surface area contributed by atoms with E-state index in [1.54, 1.807) is 13.3 Å². The topological polar surface area (TPSA) is 79.2 Å². The van der Waals surface area contributed by atoms with E-state index in [1.165, 1.54) is 20.8 Å². The minimum absolute atomic E-state index is 0.150. The summed E-state index contributed by atoms with van der Waals surface area (Å²) < 4.78 is 10.3. The summed E-state index contributed by atoms with van der Waals surface area (Å²) in [7, 11) is 1.64. The molecule has 0 saturated carbocycles. The third-order valence-electron chi connectivity index (χ3n) is 5.02. The van der Waals surface area contributed by atoms with Crippen molar-refractivity contribution in [2.24, 2.45) is 0 Å². The van der Waals surface area contributed by atoms with Crippen molar-refractivity contribution in [2.45, 2.75) is 11.7 Å². The second-order valence-electron chi connectivity index (χ2n) is 6.99.